The summed E-state index contributed by atoms with van der Waals surface area (Å²) < 4.78 is 1.54. The third kappa shape index (κ3) is 1.68. The van der Waals surface area contributed by atoms with E-state index in [2.05, 4.69) is 61.0 Å². The van der Waals surface area contributed by atoms with Crippen molar-refractivity contribution in [1.82, 2.24) is 0 Å². The van der Waals surface area contributed by atoms with Crippen LogP contribution in [0.15, 0.2) is 48.1 Å². The van der Waals surface area contributed by atoms with Crippen LogP contribution in [0.25, 0.3) is 0 Å². The Morgan fingerprint density at radius 1 is 1.00 bits per heavy atom. The molecule has 0 N–H and O–H groups in total. The molecule has 0 aliphatic heterocycles. The monoisotopic (exact) mass is 248 g/mol. The molecule has 0 nitrogen and oxygen atoms in total. The van der Waals surface area contributed by atoms with E-state index in [1.165, 1.54) is 5.57 Å². The molecule has 0 spiro atoms. The minimum absolute atomic E-state index is 0.770. The second-order valence-corrected chi connectivity index (χ2v) is 15.4. The summed E-state index contributed by atoms with van der Waals surface area (Å²) in [6, 6.07) is 0. The summed E-state index contributed by atoms with van der Waals surface area (Å²) in [7, 11) is 0. The molecule has 74 valence electrons. The standard InChI is InChI=1S/C13H18Ge/c1-11-8-9-13(10-11)14(2,3)12-6-4-5-7-12/h4-10,12-13H,1-3H3. The van der Waals surface area contributed by atoms with Crippen molar-refractivity contribution in [3.8, 4) is 0 Å². The number of hydrogen-bond donors (Lipinski definition) is 0. The van der Waals surface area contributed by atoms with Crippen molar-refractivity contribution in [3.63, 3.8) is 0 Å². The molecule has 1 unspecified atom stereocenters. The van der Waals surface area contributed by atoms with Gasteiger partial charge in [-0.3, -0.25) is 0 Å². The van der Waals surface area contributed by atoms with Crippen LogP contribution < -0.4 is 0 Å². The van der Waals surface area contributed by atoms with Crippen molar-refractivity contribution < 1.29 is 0 Å². The summed E-state index contributed by atoms with van der Waals surface area (Å²) in [4.78, 5) is 0. The van der Waals surface area contributed by atoms with E-state index >= 15 is 0 Å². The molecule has 0 aromatic rings. The Labute approximate surface area is 89.5 Å². The first-order valence-corrected chi connectivity index (χ1v) is 11.9. The number of hydrogen-bond acceptors (Lipinski definition) is 0. The average molecular weight is 247 g/mol. The maximum atomic E-state index is 2.54. The van der Waals surface area contributed by atoms with Crippen molar-refractivity contribution in [1.29, 1.82) is 0 Å². The first kappa shape index (κ1) is 10.0. The molecule has 1 heteroatoms. The molecule has 1 atom stereocenters. The Bertz CT molecular complexity index is 330. The van der Waals surface area contributed by atoms with E-state index in [9.17, 15) is 0 Å². The first-order chi connectivity index (χ1) is 6.60. The minimum atomic E-state index is -1.75. The summed E-state index contributed by atoms with van der Waals surface area (Å²) >= 11 is -1.75. The zero-order chi connectivity index (χ0) is 10.2. The molecular formula is C13H18Ge. The van der Waals surface area contributed by atoms with E-state index in [0.29, 0.717) is 0 Å². The van der Waals surface area contributed by atoms with Crippen LogP contribution in [0.4, 0.5) is 0 Å². The van der Waals surface area contributed by atoms with E-state index in [0.717, 1.165) is 9.50 Å². The van der Waals surface area contributed by atoms with Crippen LogP contribution in [0.2, 0.25) is 21.0 Å². The van der Waals surface area contributed by atoms with E-state index in [1.807, 2.05) is 0 Å². The van der Waals surface area contributed by atoms with Gasteiger partial charge in [0.2, 0.25) is 0 Å². The average Bonchev–Trinajstić information content (AvgIpc) is 2.72. The molecule has 0 aromatic carbocycles. The summed E-state index contributed by atoms with van der Waals surface area (Å²) in [5.74, 6) is 5.07. The predicted octanol–water partition coefficient (Wildman–Crippen LogP) is 4.08. The van der Waals surface area contributed by atoms with Crippen molar-refractivity contribution in [2.24, 2.45) is 0 Å². The summed E-state index contributed by atoms with van der Waals surface area (Å²) in [5.41, 5.74) is 1.44. The topological polar surface area (TPSA) is 0 Å². The Balaban J connectivity index is 2.20. The van der Waals surface area contributed by atoms with Gasteiger partial charge in [0.1, 0.15) is 0 Å². The van der Waals surface area contributed by atoms with Gasteiger partial charge in [-0.1, -0.05) is 0 Å². The fraction of sp³-hybridized carbons (Fsp3) is 0.385. The maximum absolute atomic E-state index is 2.54. The van der Waals surface area contributed by atoms with Crippen LogP contribution in [0.3, 0.4) is 0 Å². The second kappa shape index (κ2) is 3.58. The summed E-state index contributed by atoms with van der Waals surface area (Å²) in [6.45, 7) is 2.20. The summed E-state index contributed by atoms with van der Waals surface area (Å²) in [5, 5.41) is 0. The van der Waals surface area contributed by atoms with Gasteiger partial charge in [0, 0.05) is 0 Å². The molecule has 0 fully saturated rings. The predicted molar refractivity (Wildman–Crippen MR) is 66.2 cm³/mol. The molecular weight excluding hydrogens is 229 g/mol. The molecule has 0 saturated carbocycles. The van der Waals surface area contributed by atoms with Gasteiger partial charge in [0.15, 0.2) is 0 Å². The van der Waals surface area contributed by atoms with Crippen molar-refractivity contribution in [2.75, 3.05) is 0 Å². The van der Waals surface area contributed by atoms with E-state index in [1.54, 1.807) is 0 Å². The zero-order valence-corrected chi connectivity index (χ0v) is 11.3. The molecule has 14 heavy (non-hydrogen) atoms. The van der Waals surface area contributed by atoms with Gasteiger partial charge < -0.3 is 0 Å². The Hall–Kier alpha value is -0.497. The zero-order valence-electron chi connectivity index (χ0n) is 9.20. The second-order valence-electron chi connectivity index (χ2n) is 4.91. The van der Waals surface area contributed by atoms with Crippen LogP contribution in [-0.2, 0) is 0 Å². The van der Waals surface area contributed by atoms with Crippen molar-refractivity contribution in [2.45, 2.75) is 27.9 Å². The van der Waals surface area contributed by atoms with Crippen molar-refractivity contribution >= 4 is 13.3 Å². The van der Waals surface area contributed by atoms with Crippen LogP contribution in [0.1, 0.15) is 6.92 Å². The van der Waals surface area contributed by atoms with Gasteiger partial charge in [0.05, 0.1) is 0 Å². The molecule has 0 aromatic heterocycles. The molecule has 0 amide bonds. The Kier molecular flexibility index (Phi) is 2.56. The quantitative estimate of drug-likeness (QED) is 0.645. The normalized spacial score (nSPS) is 26.2. The van der Waals surface area contributed by atoms with Gasteiger partial charge in [-0.15, -0.1) is 0 Å². The number of rotatable bonds is 2. The molecule has 2 aliphatic rings. The van der Waals surface area contributed by atoms with E-state index < -0.39 is 13.3 Å². The third-order valence-corrected chi connectivity index (χ3v) is 12.2. The number of allylic oxidation sites excluding steroid dienone is 8. The third-order valence-electron chi connectivity index (χ3n) is 3.48. The van der Waals surface area contributed by atoms with Gasteiger partial charge in [-0.25, -0.2) is 0 Å². The molecule has 0 heterocycles. The van der Waals surface area contributed by atoms with Gasteiger partial charge >= 0.3 is 89.3 Å². The van der Waals surface area contributed by atoms with Crippen LogP contribution in [0, 0.1) is 0 Å². The van der Waals surface area contributed by atoms with Crippen LogP contribution in [-0.4, -0.2) is 13.3 Å². The van der Waals surface area contributed by atoms with Gasteiger partial charge in [0.25, 0.3) is 0 Å². The summed E-state index contributed by atoms with van der Waals surface area (Å²) in [6.07, 6.45) is 16.3. The van der Waals surface area contributed by atoms with Gasteiger partial charge in [-0.2, -0.15) is 0 Å². The van der Waals surface area contributed by atoms with Crippen LogP contribution >= 0.6 is 0 Å². The molecule has 0 saturated heterocycles. The molecule has 2 aliphatic carbocycles. The van der Waals surface area contributed by atoms with Gasteiger partial charge in [-0.05, 0) is 0 Å². The van der Waals surface area contributed by atoms with Crippen LogP contribution in [0.5, 0.6) is 0 Å². The van der Waals surface area contributed by atoms with Crippen molar-refractivity contribution in [3.05, 3.63) is 48.1 Å². The SMILES string of the molecule is CC1=C[CH]([Ge]([CH3])([CH3])[CH]2C=CC=C2)C=C1. The molecule has 2 rings (SSSR count). The van der Waals surface area contributed by atoms with E-state index in [-0.39, 0.29) is 0 Å². The fourth-order valence-electron chi connectivity index (χ4n) is 2.26. The fourth-order valence-corrected chi connectivity index (χ4v) is 8.44. The Morgan fingerprint density at radius 3 is 2.14 bits per heavy atom. The van der Waals surface area contributed by atoms with E-state index in [4.69, 9.17) is 0 Å². The molecule has 0 bridgehead atoms. The molecule has 0 radical (unpaired) electrons. The Morgan fingerprint density at radius 2 is 1.64 bits per heavy atom. The first-order valence-electron chi connectivity index (χ1n) is 5.32.